The zero-order valence-electron chi connectivity index (χ0n) is 17.6. The maximum absolute atomic E-state index is 12.8. The minimum absolute atomic E-state index is 0.0193. The van der Waals surface area contributed by atoms with Crippen LogP contribution in [0.2, 0.25) is 0 Å². The van der Waals surface area contributed by atoms with Crippen molar-refractivity contribution in [2.24, 2.45) is 0 Å². The summed E-state index contributed by atoms with van der Waals surface area (Å²) in [7, 11) is 0. The molecule has 2 atom stereocenters. The van der Waals surface area contributed by atoms with E-state index < -0.39 is 12.1 Å². The predicted octanol–water partition coefficient (Wildman–Crippen LogP) is 1.37. The van der Waals surface area contributed by atoms with Gasteiger partial charge in [0.25, 0.3) is 5.91 Å². The fraction of sp³-hybridized carbons (Fsp3) is 0.650. The van der Waals surface area contributed by atoms with Crippen molar-refractivity contribution in [3.63, 3.8) is 0 Å². The maximum atomic E-state index is 12.8. The number of carboxylic acids is 1. The number of carboxylic acid groups (broad SMARTS) is 1. The summed E-state index contributed by atoms with van der Waals surface area (Å²) in [6.45, 7) is 7.58. The summed E-state index contributed by atoms with van der Waals surface area (Å²) in [5.41, 5.74) is 0.849. The number of rotatable bonds is 4. The summed E-state index contributed by atoms with van der Waals surface area (Å²) < 4.78 is 42.5. The summed E-state index contributed by atoms with van der Waals surface area (Å²) in [4.78, 5) is 40.3. The molecule has 0 unspecified atom stereocenters. The van der Waals surface area contributed by atoms with Crippen LogP contribution in [0.1, 0.15) is 29.0 Å². The van der Waals surface area contributed by atoms with Crippen molar-refractivity contribution in [1.82, 2.24) is 14.7 Å². The number of hydrogen-bond acceptors (Lipinski definition) is 6. The average molecular weight is 461 g/mol. The van der Waals surface area contributed by atoms with Gasteiger partial charge in [0.1, 0.15) is 0 Å². The highest BCUT2D eigenvalue weighted by Gasteiger charge is 2.48. The molecule has 1 N–H and O–H groups in total. The highest BCUT2D eigenvalue weighted by molar-refractivity contribution is 5.94. The molecule has 0 aliphatic carbocycles. The summed E-state index contributed by atoms with van der Waals surface area (Å²) in [5, 5.41) is 7.12. The zero-order valence-corrected chi connectivity index (χ0v) is 17.6. The van der Waals surface area contributed by atoms with Crippen molar-refractivity contribution >= 4 is 17.8 Å². The Morgan fingerprint density at radius 1 is 1.16 bits per heavy atom. The molecule has 3 fully saturated rings. The van der Waals surface area contributed by atoms with Gasteiger partial charge in [0.2, 0.25) is 5.91 Å². The summed E-state index contributed by atoms with van der Waals surface area (Å²) in [6, 6.07) is 1.93. The highest BCUT2D eigenvalue weighted by Crippen LogP contribution is 2.33. The predicted molar refractivity (Wildman–Crippen MR) is 104 cm³/mol. The first kappa shape index (κ1) is 24.1. The Morgan fingerprint density at radius 3 is 2.38 bits per heavy atom. The molecular weight excluding hydrogens is 435 g/mol. The quantitative estimate of drug-likeness (QED) is 0.722. The second-order valence-electron chi connectivity index (χ2n) is 7.90. The molecule has 9 nitrogen and oxygen atoms in total. The summed E-state index contributed by atoms with van der Waals surface area (Å²) >= 11 is 0. The van der Waals surface area contributed by atoms with Crippen molar-refractivity contribution < 1.29 is 41.8 Å². The summed E-state index contributed by atoms with van der Waals surface area (Å²) in [5.74, 6) is -2.28. The fourth-order valence-electron chi connectivity index (χ4n) is 4.27. The van der Waals surface area contributed by atoms with Gasteiger partial charge in [-0.3, -0.25) is 14.5 Å². The van der Waals surface area contributed by atoms with Crippen LogP contribution < -0.4 is 0 Å². The molecule has 1 aromatic heterocycles. The Hall–Kier alpha value is -2.60. The molecule has 178 valence electrons. The third-order valence-corrected chi connectivity index (χ3v) is 5.94. The van der Waals surface area contributed by atoms with Crippen LogP contribution in [0, 0.1) is 6.92 Å². The van der Waals surface area contributed by atoms with Crippen molar-refractivity contribution in [2.45, 2.75) is 38.0 Å². The van der Waals surface area contributed by atoms with E-state index in [1.54, 1.807) is 12.3 Å². The third kappa shape index (κ3) is 5.41. The SMILES string of the molecule is Cc1ccoc1C(=O)N1CC[C@@H]2[C@@H]1CC(=O)N2CCN1CCOCC1.O=C(O)C(F)(F)F. The number of carbonyl (C=O) groups excluding carboxylic acids is 2. The second kappa shape index (κ2) is 9.90. The molecule has 3 saturated heterocycles. The number of furan rings is 1. The standard InChI is InChI=1S/C18H25N3O4.C2HF3O2/c1-13-3-9-25-17(13)18(23)21-4-2-14-15(21)12-16(22)20(14)6-5-19-7-10-24-11-8-19;3-2(4,5)1(6)7/h3,9,14-15H,2,4-8,10-12H2,1H3;(H,6,7)/t14-,15+;/m1./s1. The first-order valence-corrected chi connectivity index (χ1v) is 10.3. The van der Waals surface area contributed by atoms with Crippen molar-refractivity contribution in [2.75, 3.05) is 45.9 Å². The number of carbonyl (C=O) groups is 3. The van der Waals surface area contributed by atoms with Gasteiger partial charge in [-0.15, -0.1) is 0 Å². The Kier molecular flexibility index (Phi) is 7.44. The van der Waals surface area contributed by atoms with Crippen LogP contribution in [0.15, 0.2) is 16.7 Å². The maximum Gasteiger partial charge on any atom is 0.490 e. The van der Waals surface area contributed by atoms with E-state index >= 15 is 0 Å². The summed E-state index contributed by atoms with van der Waals surface area (Å²) in [6.07, 6.45) is -2.26. The number of morpholine rings is 1. The van der Waals surface area contributed by atoms with Gasteiger partial charge in [-0.25, -0.2) is 4.79 Å². The van der Waals surface area contributed by atoms with Crippen LogP contribution in [-0.4, -0.2) is 102 Å². The van der Waals surface area contributed by atoms with E-state index in [9.17, 15) is 22.8 Å². The molecule has 0 spiro atoms. The van der Waals surface area contributed by atoms with E-state index in [0.717, 1.165) is 51.4 Å². The van der Waals surface area contributed by atoms with Crippen LogP contribution in [-0.2, 0) is 14.3 Å². The minimum Gasteiger partial charge on any atom is -0.475 e. The van der Waals surface area contributed by atoms with E-state index in [2.05, 4.69) is 4.90 Å². The molecular formula is C20H26F3N3O6. The molecule has 4 heterocycles. The normalized spacial score (nSPS) is 23.7. The van der Waals surface area contributed by atoms with Crippen LogP contribution in [0.25, 0.3) is 0 Å². The number of ether oxygens (including phenoxy) is 1. The Labute approximate surface area is 182 Å². The van der Waals surface area contributed by atoms with Gasteiger partial charge < -0.3 is 24.1 Å². The van der Waals surface area contributed by atoms with Crippen molar-refractivity contribution in [1.29, 1.82) is 0 Å². The smallest absolute Gasteiger partial charge is 0.475 e. The average Bonchev–Trinajstić information content (AvgIpc) is 3.42. The molecule has 32 heavy (non-hydrogen) atoms. The molecule has 0 saturated carbocycles. The topological polar surface area (TPSA) is 104 Å². The Morgan fingerprint density at radius 2 is 1.81 bits per heavy atom. The lowest BCUT2D eigenvalue weighted by Gasteiger charge is -2.30. The largest absolute Gasteiger partial charge is 0.490 e. The lowest BCUT2D eigenvalue weighted by molar-refractivity contribution is -0.192. The lowest BCUT2D eigenvalue weighted by Crippen LogP contribution is -2.45. The van der Waals surface area contributed by atoms with Gasteiger partial charge in [0, 0.05) is 44.7 Å². The Balaban J connectivity index is 0.000000360. The van der Waals surface area contributed by atoms with Crippen LogP contribution >= 0.6 is 0 Å². The molecule has 0 radical (unpaired) electrons. The van der Waals surface area contributed by atoms with Gasteiger partial charge in [0.15, 0.2) is 5.76 Å². The Bertz CT molecular complexity index is 837. The number of likely N-dealkylation sites (tertiary alicyclic amines) is 2. The number of halogens is 3. The van der Waals surface area contributed by atoms with E-state index in [0.29, 0.717) is 18.7 Å². The second-order valence-corrected chi connectivity index (χ2v) is 7.90. The van der Waals surface area contributed by atoms with Gasteiger partial charge in [-0.2, -0.15) is 13.2 Å². The van der Waals surface area contributed by atoms with Gasteiger partial charge >= 0.3 is 12.1 Å². The van der Waals surface area contributed by atoms with Gasteiger partial charge in [0.05, 0.1) is 31.6 Å². The van der Waals surface area contributed by atoms with E-state index in [1.807, 2.05) is 16.7 Å². The first-order valence-electron chi connectivity index (χ1n) is 10.3. The van der Waals surface area contributed by atoms with Crippen LogP contribution in [0.3, 0.4) is 0 Å². The number of amides is 2. The third-order valence-electron chi connectivity index (χ3n) is 5.94. The molecule has 0 bridgehead atoms. The lowest BCUT2D eigenvalue weighted by atomic mass is 10.1. The van der Waals surface area contributed by atoms with E-state index in [1.165, 1.54) is 0 Å². The van der Waals surface area contributed by atoms with E-state index in [4.69, 9.17) is 19.1 Å². The number of alkyl halides is 3. The number of aliphatic carboxylic acids is 1. The van der Waals surface area contributed by atoms with E-state index in [-0.39, 0.29) is 23.9 Å². The highest BCUT2D eigenvalue weighted by atomic mass is 19.4. The number of hydrogen-bond donors (Lipinski definition) is 1. The monoisotopic (exact) mass is 461 g/mol. The zero-order chi connectivity index (χ0) is 23.5. The van der Waals surface area contributed by atoms with Crippen molar-refractivity contribution in [3.05, 3.63) is 23.7 Å². The molecule has 3 aliphatic rings. The van der Waals surface area contributed by atoms with Crippen LogP contribution in [0.5, 0.6) is 0 Å². The van der Waals surface area contributed by atoms with Crippen LogP contribution in [0.4, 0.5) is 13.2 Å². The minimum atomic E-state index is -5.08. The van der Waals surface area contributed by atoms with Gasteiger partial charge in [-0.05, 0) is 19.4 Å². The number of nitrogens with zero attached hydrogens (tertiary/aromatic N) is 3. The van der Waals surface area contributed by atoms with Crippen molar-refractivity contribution in [3.8, 4) is 0 Å². The number of aryl methyl sites for hydroxylation is 1. The molecule has 1 aromatic rings. The molecule has 2 amide bonds. The first-order chi connectivity index (χ1) is 15.1. The fourth-order valence-corrected chi connectivity index (χ4v) is 4.27. The van der Waals surface area contributed by atoms with Gasteiger partial charge in [-0.1, -0.05) is 0 Å². The number of fused-ring (bicyclic) bond motifs is 1. The molecule has 12 heteroatoms. The molecule has 4 rings (SSSR count). The molecule has 3 aliphatic heterocycles. The molecule has 0 aromatic carbocycles.